The lowest BCUT2D eigenvalue weighted by Crippen LogP contribution is -2.46. The average molecular weight is 292 g/mol. The molecule has 2 bridgehead atoms. The molecular formula is C18H29NS. The van der Waals surface area contributed by atoms with E-state index in [0.717, 1.165) is 5.92 Å². The van der Waals surface area contributed by atoms with Gasteiger partial charge < -0.3 is 5.32 Å². The summed E-state index contributed by atoms with van der Waals surface area (Å²) in [5, 5.41) is 6.26. The first-order valence-electron chi connectivity index (χ1n) is 8.15. The number of fused-ring (bicyclic) bond motifs is 2. The van der Waals surface area contributed by atoms with E-state index in [9.17, 15) is 0 Å². The highest BCUT2D eigenvalue weighted by atomic mass is 32.1. The Morgan fingerprint density at radius 1 is 1.30 bits per heavy atom. The fourth-order valence-electron chi connectivity index (χ4n) is 4.74. The third-order valence-electron chi connectivity index (χ3n) is 6.69. The molecule has 4 atom stereocenters. The molecule has 0 aromatic carbocycles. The Balaban J connectivity index is 1.81. The van der Waals surface area contributed by atoms with Gasteiger partial charge in [0, 0.05) is 17.0 Å². The van der Waals surface area contributed by atoms with Gasteiger partial charge in [-0.2, -0.15) is 0 Å². The van der Waals surface area contributed by atoms with E-state index in [2.05, 4.69) is 57.4 Å². The van der Waals surface area contributed by atoms with Gasteiger partial charge in [-0.25, -0.2) is 0 Å². The van der Waals surface area contributed by atoms with Gasteiger partial charge in [0.25, 0.3) is 0 Å². The van der Waals surface area contributed by atoms with E-state index in [0.29, 0.717) is 28.8 Å². The molecule has 4 unspecified atom stereocenters. The van der Waals surface area contributed by atoms with Gasteiger partial charge in [-0.05, 0) is 53.4 Å². The summed E-state index contributed by atoms with van der Waals surface area (Å²) >= 11 is 1.90. The minimum Gasteiger partial charge on any atom is -0.306 e. The Morgan fingerprint density at radius 3 is 2.50 bits per heavy atom. The summed E-state index contributed by atoms with van der Waals surface area (Å²) in [6.07, 6.45) is 4.21. The number of nitrogens with one attached hydrogen (secondary N) is 1. The van der Waals surface area contributed by atoms with Crippen LogP contribution < -0.4 is 5.32 Å². The first kappa shape index (κ1) is 14.6. The molecule has 1 aromatic rings. The van der Waals surface area contributed by atoms with Gasteiger partial charge in [-0.1, -0.05) is 40.7 Å². The topological polar surface area (TPSA) is 12.0 Å². The van der Waals surface area contributed by atoms with Crippen molar-refractivity contribution in [1.29, 1.82) is 0 Å². The maximum Gasteiger partial charge on any atom is 0.0440 e. The van der Waals surface area contributed by atoms with Crippen LogP contribution in [0.2, 0.25) is 0 Å². The van der Waals surface area contributed by atoms with Crippen LogP contribution in [0.1, 0.15) is 64.8 Å². The second-order valence-electron chi connectivity index (χ2n) is 8.07. The summed E-state index contributed by atoms with van der Waals surface area (Å²) in [5.74, 6) is 1.57. The number of hydrogen-bond acceptors (Lipinski definition) is 2. The van der Waals surface area contributed by atoms with Crippen LogP contribution in [0, 0.1) is 22.7 Å². The predicted molar refractivity (Wildman–Crippen MR) is 88.1 cm³/mol. The highest BCUT2D eigenvalue weighted by molar-refractivity contribution is 7.10. The summed E-state index contributed by atoms with van der Waals surface area (Å²) in [5.41, 5.74) is 0.976. The minimum absolute atomic E-state index is 0.474. The zero-order valence-electron chi connectivity index (χ0n) is 13.6. The molecule has 1 nitrogen and oxygen atoms in total. The van der Waals surface area contributed by atoms with Crippen LogP contribution >= 0.6 is 11.3 Å². The summed E-state index contributed by atoms with van der Waals surface area (Å²) in [6.45, 7) is 12.2. The zero-order chi connectivity index (χ0) is 14.5. The molecule has 20 heavy (non-hydrogen) atoms. The predicted octanol–water partition coefficient (Wildman–Crippen LogP) is 5.25. The molecule has 2 aliphatic rings. The second-order valence-corrected chi connectivity index (χ2v) is 9.05. The van der Waals surface area contributed by atoms with E-state index in [1.807, 2.05) is 11.3 Å². The molecule has 0 amide bonds. The summed E-state index contributed by atoms with van der Waals surface area (Å²) in [6, 6.07) is 5.68. The van der Waals surface area contributed by atoms with Crippen LogP contribution in [0.15, 0.2) is 17.5 Å². The van der Waals surface area contributed by atoms with Crippen LogP contribution in [0.5, 0.6) is 0 Å². The van der Waals surface area contributed by atoms with Gasteiger partial charge in [0.2, 0.25) is 0 Å². The highest BCUT2D eigenvalue weighted by Crippen LogP contribution is 2.65. The maximum absolute atomic E-state index is 4.06. The molecule has 0 saturated heterocycles. The molecule has 2 saturated carbocycles. The van der Waals surface area contributed by atoms with Crippen molar-refractivity contribution in [2.24, 2.45) is 22.7 Å². The van der Waals surface area contributed by atoms with Crippen LogP contribution in [-0.2, 0) is 0 Å². The Kier molecular flexibility index (Phi) is 3.53. The summed E-state index contributed by atoms with van der Waals surface area (Å²) in [4.78, 5) is 1.50. The van der Waals surface area contributed by atoms with E-state index in [-0.39, 0.29) is 0 Å². The van der Waals surface area contributed by atoms with Crippen molar-refractivity contribution >= 4 is 11.3 Å². The fourth-order valence-corrected chi connectivity index (χ4v) is 5.70. The van der Waals surface area contributed by atoms with Gasteiger partial charge >= 0.3 is 0 Å². The van der Waals surface area contributed by atoms with E-state index < -0.39 is 0 Å². The van der Waals surface area contributed by atoms with Gasteiger partial charge in [0.1, 0.15) is 0 Å². The highest BCUT2D eigenvalue weighted by Gasteiger charge is 2.61. The number of hydrogen-bond donors (Lipinski definition) is 1. The fraction of sp³-hybridized carbons (Fsp3) is 0.778. The smallest absolute Gasteiger partial charge is 0.0440 e. The zero-order valence-corrected chi connectivity index (χ0v) is 14.4. The molecule has 1 heterocycles. The Labute approximate surface area is 128 Å². The normalized spacial score (nSPS) is 36.7. The number of thiophene rings is 1. The van der Waals surface area contributed by atoms with Crippen molar-refractivity contribution in [3.8, 4) is 0 Å². The largest absolute Gasteiger partial charge is 0.306 e. The molecule has 112 valence electrons. The molecule has 2 heteroatoms. The molecular weight excluding hydrogens is 262 g/mol. The Bertz CT molecular complexity index is 462. The van der Waals surface area contributed by atoms with E-state index >= 15 is 0 Å². The molecule has 2 fully saturated rings. The first-order valence-corrected chi connectivity index (χ1v) is 9.03. The molecule has 1 N–H and O–H groups in total. The standard InChI is InChI=1S/C18H29NS/c1-12(2)16(14-7-6-10-20-14)19-15-11-13-8-9-18(15,5)17(13,3)4/h6-7,10,12-13,15-16,19H,8-9,11H2,1-5H3. The van der Waals surface area contributed by atoms with Crippen molar-refractivity contribution < 1.29 is 0 Å². The van der Waals surface area contributed by atoms with Crippen LogP contribution in [0.4, 0.5) is 0 Å². The molecule has 0 radical (unpaired) electrons. The lowest BCUT2D eigenvalue weighted by Gasteiger charge is -2.41. The third-order valence-corrected chi connectivity index (χ3v) is 7.65. The van der Waals surface area contributed by atoms with E-state index in [4.69, 9.17) is 0 Å². The third kappa shape index (κ3) is 1.99. The minimum atomic E-state index is 0.474. The van der Waals surface area contributed by atoms with E-state index in [1.165, 1.54) is 24.1 Å². The van der Waals surface area contributed by atoms with Crippen molar-refractivity contribution in [2.75, 3.05) is 0 Å². The van der Waals surface area contributed by atoms with Crippen molar-refractivity contribution in [3.05, 3.63) is 22.4 Å². The Morgan fingerprint density at radius 2 is 2.05 bits per heavy atom. The van der Waals surface area contributed by atoms with Crippen LogP contribution in [0.25, 0.3) is 0 Å². The molecule has 0 spiro atoms. The monoisotopic (exact) mass is 291 g/mol. The molecule has 3 rings (SSSR count). The van der Waals surface area contributed by atoms with Gasteiger partial charge in [0.15, 0.2) is 0 Å². The van der Waals surface area contributed by atoms with Crippen LogP contribution in [-0.4, -0.2) is 6.04 Å². The van der Waals surface area contributed by atoms with E-state index in [1.54, 1.807) is 0 Å². The summed E-state index contributed by atoms with van der Waals surface area (Å²) < 4.78 is 0. The molecule has 2 aliphatic carbocycles. The average Bonchev–Trinajstić information content (AvgIpc) is 3.00. The summed E-state index contributed by atoms with van der Waals surface area (Å²) in [7, 11) is 0. The van der Waals surface area contributed by atoms with Crippen molar-refractivity contribution in [3.63, 3.8) is 0 Å². The quantitative estimate of drug-likeness (QED) is 0.799. The van der Waals surface area contributed by atoms with Gasteiger partial charge in [-0.15, -0.1) is 11.3 Å². The second kappa shape index (κ2) is 4.84. The van der Waals surface area contributed by atoms with Gasteiger partial charge in [-0.3, -0.25) is 0 Å². The maximum atomic E-state index is 4.06. The molecule has 1 aromatic heterocycles. The molecule has 0 aliphatic heterocycles. The SMILES string of the molecule is CC(C)C(NC1CC2CCC1(C)C2(C)C)c1cccs1. The first-order chi connectivity index (χ1) is 9.36. The van der Waals surface area contributed by atoms with Crippen molar-refractivity contribution in [1.82, 2.24) is 5.32 Å². The lowest BCUT2D eigenvalue weighted by atomic mass is 9.69. The van der Waals surface area contributed by atoms with Crippen LogP contribution in [0.3, 0.4) is 0 Å². The van der Waals surface area contributed by atoms with Gasteiger partial charge in [0.05, 0.1) is 0 Å². The number of rotatable bonds is 4. The Hall–Kier alpha value is -0.340. The van der Waals surface area contributed by atoms with Crippen molar-refractivity contribution in [2.45, 2.75) is 66.0 Å². The lowest BCUT2D eigenvalue weighted by molar-refractivity contribution is 0.111.